The molecule has 0 saturated heterocycles. The number of nitrogens with one attached hydrogen (secondary N) is 1. The largest absolute Gasteiger partial charge is 0.370 e. The molecule has 4 nitrogen and oxygen atoms in total. The van der Waals surface area contributed by atoms with Crippen molar-refractivity contribution in [2.45, 2.75) is 33.1 Å². The average Bonchev–Trinajstić information content (AvgIpc) is 2.32. The van der Waals surface area contributed by atoms with Crippen LogP contribution in [0.25, 0.3) is 0 Å². The molecule has 1 rings (SSSR count). The molecule has 0 spiro atoms. The zero-order valence-corrected chi connectivity index (χ0v) is 12.8. The van der Waals surface area contributed by atoms with Gasteiger partial charge in [-0.05, 0) is 59.8 Å². The summed E-state index contributed by atoms with van der Waals surface area (Å²) >= 11 is 3.43. The van der Waals surface area contributed by atoms with Crippen molar-refractivity contribution >= 4 is 27.7 Å². The van der Waals surface area contributed by atoms with Crippen molar-refractivity contribution < 1.29 is 9.59 Å². The van der Waals surface area contributed by atoms with Crippen molar-refractivity contribution in [2.75, 3.05) is 6.54 Å². The molecule has 0 bridgehead atoms. The molecule has 0 atom stereocenters. The number of halogens is 1. The Morgan fingerprint density at radius 2 is 1.95 bits per heavy atom. The minimum atomic E-state index is -0.302. The van der Waals surface area contributed by atoms with E-state index in [2.05, 4.69) is 21.2 Å². The SMILES string of the molecule is Cc1cc(C)c(Br)c(C(=O)NCCCCC(N)=O)c1. The molecule has 0 heterocycles. The number of carbonyl (C=O) groups excluding carboxylic acids is 2. The zero-order chi connectivity index (χ0) is 14.4. The summed E-state index contributed by atoms with van der Waals surface area (Å²) in [5, 5.41) is 2.85. The third-order valence-corrected chi connectivity index (χ3v) is 3.83. The third kappa shape index (κ3) is 5.03. The zero-order valence-electron chi connectivity index (χ0n) is 11.3. The average molecular weight is 327 g/mol. The summed E-state index contributed by atoms with van der Waals surface area (Å²) in [5.74, 6) is -0.402. The Balaban J connectivity index is 2.52. The van der Waals surface area contributed by atoms with Crippen LogP contribution >= 0.6 is 15.9 Å². The molecule has 104 valence electrons. The fraction of sp³-hybridized carbons (Fsp3) is 0.429. The Bertz CT molecular complexity index is 487. The molecule has 0 fully saturated rings. The van der Waals surface area contributed by atoms with Gasteiger partial charge >= 0.3 is 0 Å². The maximum atomic E-state index is 12.0. The highest BCUT2D eigenvalue weighted by atomic mass is 79.9. The Morgan fingerprint density at radius 1 is 1.26 bits per heavy atom. The molecule has 1 aromatic rings. The molecule has 2 amide bonds. The number of amides is 2. The molecule has 0 saturated carbocycles. The second-order valence-electron chi connectivity index (χ2n) is 4.62. The first-order valence-corrected chi connectivity index (χ1v) is 7.04. The van der Waals surface area contributed by atoms with E-state index in [9.17, 15) is 9.59 Å². The summed E-state index contributed by atoms with van der Waals surface area (Å²) < 4.78 is 0.827. The minimum Gasteiger partial charge on any atom is -0.370 e. The van der Waals surface area contributed by atoms with Crippen LogP contribution in [0.3, 0.4) is 0 Å². The lowest BCUT2D eigenvalue weighted by molar-refractivity contribution is -0.118. The number of primary amides is 1. The molecule has 0 aromatic heterocycles. The molecule has 0 aliphatic rings. The monoisotopic (exact) mass is 326 g/mol. The number of rotatable bonds is 6. The van der Waals surface area contributed by atoms with E-state index < -0.39 is 0 Å². The van der Waals surface area contributed by atoms with E-state index >= 15 is 0 Å². The summed E-state index contributed by atoms with van der Waals surface area (Å²) in [5.41, 5.74) is 7.79. The van der Waals surface area contributed by atoms with Crippen molar-refractivity contribution in [1.29, 1.82) is 0 Å². The third-order valence-electron chi connectivity index (χ3n) is 2.78. The van der Waals surface area contributed by atoms with Crippen molar-refractivity contribution in [1.82, 2.24) is 5.32 Å². The first kappa shape index (κ1) is 15.7. The predicted octanol–water partition coefficient (Wildman–Crippen LogP) is 2.45. The Morgan fingerprint density at radius 3 is 2.58 bits per heavy atom. The molecule has 0 aliphatic carbocycles. The van der Waals surface area contributed by atoms with Gasteiger partial charge in [-0.25, -0.2) is 0 Å². The van der Waals surface area contributed by atoms with Gasteiger partial charge in [0.1, 0.15) is 0 Å². The quantitative estimate of drug-likeness (QED) is 0.788. The lowest BCUT2D eigenvalue weighted by Crippen LogP contribution is -2.25. The predicted molar refractivity (Wildman–Crippen MR) is 79.0 cm³/mol. The number of nitrogens with two attached hydrogens (primary N) is 1. The van der Waals surface area contributed by atoms with Crippen LogP contribution < -0.4 is 11.1 Å². The van der Waals surface area contributed by atoms with Gasteiger partial charge in [0, 0.05) is 17.4 Å². The summed E-state index contributed by atoms with van der Waals surface area (Å²) in [6.45, 7) is 4.47. The van der Waals surface area contributed by atoms with Gasteiger partial charge in [-0.3, -0.25) is 9.59 Å². The van der Waals surface area contributed by atoms with Crippen molar-refractivity contribution in [3.05, 3.63) is 33.3 Å². The summed E-state index contributed by atoms with van der Waals surface area (Å²) in [6, 6.07) is 3.88. The molecule has 0 aliphatic heterocycles. The normalized spacial score (nSPS) is 10.3. The number of carbonyl (C=O) groups is 2. The Hall–Kier alpha value is -1.36. The van der Waals surface area contributed by atoms with E-state index in [4.69, 9.17) is 5.73 Å². The maximum Gasteiger partial charge on any atom is 0.252 e. The van der Waals surface area contributed by atoms with Gasteiger partial charge in [0.2, 0.25) is 5.91 Å². The first-order valence-electron chi connectivity index (χ1n) is 6.25. The van der Waals surface area contributed by atoms with E-state index in [0.29, 0.717) is 24.9 Å². The molecule has 0 unspecified atom stereocenters. The van der Waals surface area contributed by atoms with Crippen LogP contribution in [0.5, 0.6) is 0 Å². The first-order chi connectivity index (χ1) is 8.91. The lowest BCUT2D eigenvalue weighted by Gasteiger charge is -2.09. The van der Waals surface area contributed by atoms with Crippen molar-refractivity contribution in [3.63, 3.8) is 0 Å². The molecule has 5 heteroatoms. The smallest absolute Gasteiger partial charge is 0.252 e. The number of aryl methyl sites for hydroxylation is 2. The number of hydrogen-bond acceptors (Lipinski definition) is 2. The van der Waals surface area contributed by atoms with E-state index in [1.54, 1.807) is 0 Å². The standard InChI is InChI=1S/C14H19BrN2O2/c1-9-7-10(2)13(15)11(8-9)14(19)17-6-4-3-5-12(16)18/h7-8H,3-6H2,1-2H3,(H2,16,18)(H,17,19). The molecule has 0 radical (unpaired) electrons. The van der Waals surface area contributed by atoms with E-state index in [0.717, 1.165) is 22.0 Å². The molecular weight excluding hydrogens is 308 g/mol. The van der Waals surface area contributed by atoms with Gasteiger partial charge in [0.15, 0.2) is 0 Å². The number of unbranched alkanes of at least 4 members (excludes halogenated alkanes) is 1. The van der Waals surface area contributed by atoms with Crippen molar-refractivity contribution in [2.24, 2.45) is 5.73 Å². The topological polar surface area (TPSA) is 72.2 Å². The van der Waals surface area contributed by atoms with Crippen LogP contribution in [0.1, 0.15) is 40.7 Å². The highest BCUT2D eigenvalue weighted by Gasteiger charge is 2.11. The molecular formula is C14H19BrN2O2. The summed E-state index contributed by atoms with van der Waals surface area (Å²) in [4.78, 5) is 22.6. The second-order valence-corrected chi connectivity index (χ2v) is 5.42. The van der Waals surface area contributed by atoms with Gasteiger partial charge in [-0.1, -0.05) is 6.07 Å². The Labute approximate surface area is 121 Å². The molecule has 19 heavy (non-hydrogen) atoms. The van der Waals surface area contributed by atoms with Crippen LogP contribution in [-0.4, -0.2) is 18.4 Å². The van der Waals surface area contributed by atoms with Gasteiger partial charge in [-0.15, -0.1) is 0 Å². The van der Waals surface area contributed by atoms with Crippen LogP contribution in [-0.2, 0) is 4.79 Å². The van der Waals surface area contributed by atoms with Crippen LogP contribution in [0, 0.1) is 13.8 Å². The minimum absolute atomic E-state index is 0.0993. The van der Waals surface area contributed by atoms with Gasteiger partial charge in [0.05, 0.1) is 5.56 Å². The Kier molecular flexibility index (Phi) is 6.02. The fourth-order valence-corrected chi connectivity index (χ4v) is 2.25. The summed E-state index contributed by atoms with van der Waals surface area (Å²) in [7, 11) is 0. The number of benzene rings is 1. The lowest BCUT2D eigenvalue weighted by atomic mass is 10.1. The number of hydrogen-bond donors (Lipinski definition) is 2. The van der Waals surface area contributed by atoms with Crippen LogP contribution in [0.4, 0.5) is 0 Å². The van der Waals surface area contributed by atoms with Crippen LogP contribution in [0.2, 0.25) is 0 Å². The highest BCUT2D eigenvalue weighted by molar-refractivity contribution is 9.10. The van der Waals surface area contributed by atoms with E-state index in [1.165, 1.54) is 0 Å². The van der Waals surface area contributed by atoms with E-state index in [-0.39, 0.29) is 11.8 Å². The van der Waals surface area contributed by atoms with Gasteiger partial charge in [-0.2, -0.15) is 0 Å². The van der Waals surface area contributed by atoms with E-state index in [1.807, 2.05) is 26.0 Å². The molecule has 3 N–H and O–H groups in total. The summed E-state index contributed by atoms with van der Waals surface area (Å²) in [6.07, 6.45) is 1.81. The van der Waals surface area contributed by atoms with Crippen molar-refractivity contribution in [3.8, 4) is 0 Å². The van der Waals surface area contributed by atoms with Gasteiger partial charge in [0.25, 0.3) is 5.91 Å². The second kappa shape index (κ2) is 7.28. The maximum absolute atomic E-state index is 12.0. The van der Waals surface area contributed by atoms with Crippen LogP contribution in [0.15, 0.2) is 16.6 Å². The molecule has 1 aromatic carbocycles. The fourth-order valence-electron chi connectivity index (χ4n) is 1.84. The van der Waals surface area contributed by atoms with Gasteiger partial charge < -0.3 is 11.1 Å². The highest BCUT2D eigenvalue weighted by Crippen LogP contribution is 2.23.